The van der Waals surface area contributed by atoms with E-state index in [1.807, 2.05) is 6.08 Å². The van der Waals surface area contributed by atoms with Gasteiger partial charge in [-0.3, -0.25) is 9.59 Å². The number of allylic oxidation sites excluding steroid dienone is 3. The molecule has 0 bridgehead atoms. The lowest BCUT2D eigenvalue weighted by Crippen LogP contribution is -2.57. The van der Waals surface area contributed by atoms with Gasteiger partial charge >= 0.3 is 5.97 Å². The molecule has 4 atom stereocenters. The Balaban J connectivity index is 2.53. The summed E-state index contributed by atoms with van der Waals surface area (Å²) in [6.07, 6.45) is 4.10. The fourth-order valence-corrected chi connectivity index (χ4v) is 3.55. The predicted molar refractivity (Wildman–Crippen MR) is 73.4 cm³/mol. The third-order valence-corrected chi connectivity index (χ3v) is 4.51. The first-order valence-corrected chi connectivity index (χ1v) is 6.82. The molecular formula is C15H20O6. The van der Waals surface area contributed by atoms with Gasteiger partial charge in [-0.15, -0.1) is 0 Å². The first-order chi connectivity index (χ1) is 9.97. The number of carbonyl (C=O) groups is 2. The van der Waals surface area contributed by atoms with Crippen molar-refractivity contribution in [1.29, 1.82) is 0 Å². The van der Waals surface area contributed by atoms with E-state index in [1.54, 1.807) is 6.08 Å². The third-order valence-electron chi connectivity index (χ3n) is 4.51. The second-order valence-electron chi connectivity index (χ2n) is 5.52. The van der Waals surface area contributed by atoms with Crippen molar-refractivity contribution in [3.63, 3.8) is 0 Å². The summed E-state index contributed by atoms with van der Waals surface area (Å²) in [6, 6.07) is 0. The summed E-state index contributed by atoms with van der Waals surface area (Å²) in [4.78, 5) is 23.5. The van der Waals surface area contributed by atoms with Crippen LogP contribution < -0.4 is 0 Å². The zero-order valence-corrected chi connectivity index (χ0v) is 12.1. The van der Waals surface area contributed by atoms with Crippen LogP contribution in [0.25, 0.3) is 0 Å². The van der Waals surface area contributed by atoms with Crippen LogP contribution in [0.1, 0.15) is 12.8 Å². The van der Waals surface area contributed by atoms with Gasteiger partial charge in [-0.05, 0) is 12.3 Å². The molecule has 2 rings (SSSR count). The molecule has 2 aliphatic carbocycles. The predicted octanol–water partition coefficient (Wildman–Crippen LogP) is 0.760. The van der Waals surface area contributed by atoms with E-state index in [0.29, 0.717) is 6.42 Å². The van der Waals surface area contributed by atoms with Gasteiger partial charge in [0.25, 0.3) is 0 Å². The van der Waals surface area contributed by atoms with E-state index >= 15 is 0 Å². The van der Waals surface area contributed by atoms with Gasteiger partial charge in [0.15, 0.2) is 5.78 Å². The number of hydrogen-bond acceptors (Lipinski definition) is 5. The summed E-state index contributed by atoms with van der Waals surface area (Å²) in [5.41, 5.74) is -1.00. The van der Waals surface area contributed by atoms with E-state index < -0.39 is 29.3 Å². The van der Waals surface area contributed by atoms with Crippen LogP contribution in [0.4, 0.5) is 0 Å². The Bertz CT molecular complexity index is 494. The minimum Gasteiger partial charge on any atom is -0.498 e. The molecule has 0 saturated carbocycles. The minimum atomic E-state index is -1.07. The van der Waals surface area contributed by atoms with Gasteiger partial charge in [0.1, 0.15) is 11.9 Å². The van der Waals surface area contributed by atoms with Crippen LogP contribution in [0.15, 0.2) is 24.0 Å². The highest BCUT2D eigenvalue weighted by atomic mass is 16.5. The van der Waals surface area contributed by atoms with E-state index in [0.717, 1.165) is 0 Å². The molecule has 6 nitrogen and oxygen atoms in total. The number of fused-ring (bicyclic) bond motifs is 1. The number of ketones is 1. The van der Waals surface area contributed by atoms with Crippen LogP contribution in [-0.2, 0) is 19.1 Å². The molecule has 0 fully saturated rings. The van der Waals surface area contributed by atoms with Crippen molar-refractivity contribution in [3.05, 3.63) is 24.0 Å². The summed E-state index contributed by atoms with van der Waals surface area (Å²) < 4.78 is 10.4. The maximum Gasteiger partial charge on any atom is 0.303 e. The van der Waals surface area contributed by atoms with Gasteiger partial charge in [-0.1, -0.05) is 12.2 Å². The number of carboxylic acids is 1. The number of carboxylic acid groups (broad SMARTS) is 1. The lowest BCUT2D eigenvalue weighted by Gasteiger charge is -2.50. The van der Waals surface area contributed by atoms with E-state index in [4.69, 9.17) is 14.6 Å². The molecule has 0 aromatic carbocycles. The number of ether oxygens (including phenoxy) is 2. The largest absolute Gasteiger partial charge is 0.498 e. The summed E-state index contributed by atoms with van der Waals surface area (Å²) in [5, 5.41) is 19.8. The first-order valence-electron chi connectivity index (χ1n) is 6.82. The Kier molecular flexibility index (Phi) is 4.49. The Labute approximate surface area is 123 Å². The van der Waals surface area contributed by atoms with Crippen molar-refractivity contribution in [2.45, 2.75) is 18.9 Å². The number of aliphatic hydroxyl groups excluding tert-OH is 1. The lowest BCUT2D eigenvalue weighted by molar-refractivity contribution is -0.152. The third kappa shape index (κ3) is 2.49. The second kappa shape index (κ2) is 5.99. The zero-order valence-electron chi connectivity index (χ0n) is 12.1. The Morgan fingerprint density at radius 3 is 2.76 bits per heavy atom. The normalized spacial score (nSPS) is 35.1. The highest BCUT2D eigenvalue weighted by Gasteiger charge is 2.57. The summed E-state index contributed by atoms with van der Waals surface area (Å²) in [7, 11) is 2.86. The number of hydrogen-bond donors (Lipinski definition) is 2. The number of rotatable bonds is 5. The molecule has 0 saturated heterocycles. The van der Waals surface area contributed by atoms with Gasteiger partial charge in [0, 0.05) is 24.5 Å². The quantitative estimate of drug-likeness (QED) is 0.728. The molecule has 2 aliphatic rings. The van der Waals surface area contributed by atoms with Crippen LogP contribution in [0.2, 0.25) is 0 Å². The zero-order chi connectivity index (χ0) is 15.6. The average molecular weight is 296 g/mol. The Morgan fingerprint density at radius 1 is 1.48 bits per heavy atom. The van der Waals surface area contributed by atoms with Crippen LogP contribution in [0, 0.1) is 17.3 Å². The van der Waals surface area contributed by atoms with Gasteiger partial charge < -0.3 is 19.7 Å². The molecule has 0 aromatic rings. The van der Waals surface area contributed by atoms with Gasteiger partial charge in [-0.2, -0.15) is 0 Å². The number of aliphatic hydroxyl groups is 1. The molecule has 21 heavy (non-hydrogen) atoms. The molecule has 0 radical (unpaired) electrons. The standard InChI is InChI=1S/C15H20O6/c1-20-8-15-9(6-13(17)18)4-3-5-10(15)11(16)7-12(21-2)14(15)19/h3-4,7,9-10,14,19H,5-6,8H2,1-2H3,(H,17,18). The number of aliphatic carboxylic acids is 1. The first kappa shape index (κ1) is 15.7. The Hall–Kier alpha value is -1.66. The van der Waals surface area contributed by atoms with E-state index in [-0.39, 0.29) is 24.6 Å². The molecule has 0 aromatic heterocycles. The highest BCUT2D eigenvalue weighted by Crippen LogP contribution is 2.51. The molecule has 116 valence electrons. The smallest absolute Gasteiger partial charge is 0.303 e. The van der Waals surface area contributed by atoms with Gasteiger partial charge in [-0.25, -0.2) is 0 Å². The van der Waals surface area contributed by atoms with Gasteiger partial charge in [0.2, 0.25) is 0 Å². The fourth-order valence-electron chi connectivity index (χ4n) is 3.55. The van der Waals surface area contributed by atoms with Crippen LogP contribution in [0.3, 0.4) is 0 Å². The van der Waals surface area contributed by atoms with Crippen molar-refractivity contribution < 1.29 is 29.3 Å². The van der Waals surface area contributed by atoms with Crippen molar-refractivity contribution in [3.8, 4) is 0 Å². The molecule has 0 aliphatic heterocycles. The SMILES string of the molecule is COCC12C(CC(=O)O)C=CCC1C(=O)C=C(OC)C2O. The lowest BCUT2D eigenvalue weighted by atomic mass is 9.55. The highest BCUT2D eigenvalue weighted by molar-refractivity contribution is 5.94. The summed E-state index contributed by atoms with van der Waals surface area (Å²) >= 11 is 0. The molecule has 6 heteroatoms. The summed E-state index contributed by atoms with van der Waals surface area (Å²) in [6.45, 7) is 0.0908. The molecule has 0 spiro atoms. The molecule has 0 heterocycles. The van der Waals surface area contributed by atoms with E-state index in [9.17, 15) is 14.7 Å². The Morgan fingerprint density at radius 2 is 2.19 bits per heavy atom. The van der Waals surface area contributed by atoms with E-state index in [1.165, 1.54) is 20.3 Å². The monoisotopic (exact) mass is 296 g/mol. The maximum absolute atomic E-state index is 12.4. The van der Waals surface area contributed by atoms with Crippen molar-refractivity contribution in [2.24, 2.45) is 17.3 Å². The number of methoxy groups -OCH3 is 2. The minimum absolute atomic E-state index is 0.0908. The summed E-state index contributed by atoms with van der Waals surface area (Å²) in [5.74, 6) is -1.96. The number of carbonyl (C=O) groups excluding carboxylic acids is 1. The van der Waals surface area contributed by atoms with Crippen LogP contribution in [-0.4, -0.2) is 48.9 Å². The van der Waals surface area contributed by atoms with E-state index in [2.05, 4.69) is 0 Å². The molecule has 2 N–H and O–H groups in total. The molecular weight excluding hydrogens is 276 g/mol. The average Bonchev–Trinajstić information content (AvgIpc) is 2.44. The second-order valence-corrected chi connectivity index (χ2v) is 5.52. The van der Waals surface area contributed by atoms with Crippen LogP contribution in [0.5, 0.6) is 0 Å². The van der Waals surface area contributed by atoms with Crippen molar-refractivity contribution in [2.75, 3.05) is 20.8 Å². The fraction of sp³-hybridized carbons (Fsp3) is 0.600. The van der Waals surface area contributed by atoms with Crippen molar-refractivity contribution in [1.82, 2.24) is 0 Å². The van der Waals surface area contributed by atoms with Crippen LogP contribution >= 0.6 is 0 Å². The van der Waals surface area contributed by atoms with Gasteiger partial charge in [0.05, 0.1) is 20.1 Å². The maximum atomic E-state index is 12.4. The molecule has 4 unspecified atom stereocenters. The molecule has 0 amide bonds. The van der Waals surface area contributed by atoms with Crippen molar-refractivity contribution >= 4 is 11.8 Å². The topological polar surface area (TPSA) is 93.1 Å².